The van der Waals surface area contributed by atoms with Crippen molar-refractivity contribution in [3.05, 3.63) is 273 Å². The lowest BCUT2D eigenvalue weighted by Gasteiger charge is -2.19. The molecule has 3 aromatic heterocycles. The number of rotatable bonds is 10. The smallest absolute Gasteiger partial charge is 0.0709 e. The molecule has 0 atom stereocenters. The number of hydrogen-bond donors (Lipinski definition) is 0. The molecular weight excluding hydrogens is 895 g/mol. The molecule has 352 valence electrons. The summed E-state index contributed by atoms with van der Waals surface area (Å²) in [4.78, 5) is 14.6. The monoisotopic (exact) mass is 947 g/mol. The van der Waals surface area contributed by atoms with E-state index in [0.717, 1.165) is 111 Å². The molecule has 0 spiro atoms. The molecule has 0 radical (unpaired) electrons. The first-order valence-electron chi connectivity index (χ1n) is 25.4. The Bertz CT molecular complexity index is 3960. The maximum atomic E-state index is 5.00. The van der Waals surface area contributed by atoms with Crippen LogP contribution in [0.25, 0.3) is 123 Å². The highest BCUT2D eigenvalue weighted by atomic mass is 14.7. The normalized spacial score (nSPS) is 11.4. The van der Waals surface area contributed by atoms with E-state index in [1.807, 2.05) is 24.5 Å². The summed E-state index contributed by atoms with van der Waals surface area (Å²) in [6.07, 6.45) is 3.83. The van der Waals surface area contributed by atoms with Crippen molar-refractivity contribution in [2.75, 3.05) is 0 Å². The van der Waals surface area contributed by atoms with Crippen LogP contribution in [-0.2, 0) is 5.41 Å². The summed E-state index contributed by atoms with van der Waals surface area (Å²) >= 11 is 0. The van der Waals surface area contributed by atoms with Crippen molar-refractivity contribution >= 4 is 10.9 Å². The van der Waals surface area contributed by atoms with Crippen molar-refractivity contribution in [3.8, 4) is 112 Å². The van der Waals surface area contributed by atoms with Crippen LogP contribution < -0.4 is 0 Å². The van der Waals surface area contributed by atoms with E-state index in [1.165, 1.54) is 16.7 Å². The summed E-state index contributed by atoms with van der Waals surface area (Å²) in [5.74, 6) is 0. The Hall–Kier alpha value is -9.31. The Labute approximate surface area is 434 Å². The Morgan fingerprint density at radius 1 is 0.257 bits per heavy atom. The maximum absolute atomic E-state index is 5.00. The van der Waals surface area contributed by atoms with Gasteiger partial charge in [0.15, 0.2) is 0 Å². The molecule has 3 heterocycles. The number of fused-ring (bicyclic) bond motifs is 1. The quantitative estimate of drug-likeness (QED) is 0.137. The van der Waals surface area contributed by atoms with E-state index in [0.29, 0.717) is 0 Å². The standard InChI is InChI=1S/C71H53N3/c1-71(2,3)60-40-42-73-70(47-60)55-35-29-51(30-36-55)63-20-10-13-23-66(63)59-44-57(64-21-11-8-18-61(64)49-25-31-53(32-26-49)68-38-37-52-17-7-14-24-67(52)74-68)43-58(45-59)65-22-12-9-19-62(65)50-27-33-54(34-28-50)69-46-56(39-41-72-69)48-15-5-4-6-16-48/h4-47H,1-3H3. The Balaban J connectivity index is 0.959. The second kappa shape index (κ2) is 19.7. The average molecular weight is 948 g/mol. The summed E-state index contributed by atoms with van der Waals surface area (Å²) in [5.41, 5.74) is 24.6. The minimum absolute atomic E-state index is 0.0320. The van der Waals surface area contributed by atoms with Gasteiger partial charge in [0.25, 0.3) is 0 Å². The molecule has 0 aliphatic heterocycles. The number of hydrogen-bond acceptors (Lipinski definition) is 3. The second-order valence-electron chi connectivity index (χ2n) is 20.0. The molecule has 0 saturated heterocycles. The summed E-state index contributed by atoms with van der Waals surface area (Å²) in [5, 5.41) is 1.14. The molecule has 3 nitrogen and oxygen atoms in total. The van der Waals surface area contributed by atoms with E-state index < -0.39 is 0 Å². The third kappa shape index (κ3) is 9.36. The summed E-state index contributed by atoms with van der Waals surface area (Å²) in [6, 6.07) is 91.7. The number of para-hydroxylation sites is 1. The van der Waals surface area contributed by atoms with Crippen LogP contribution in [0.2, 0.25) is 0 Å². The van der Waals surface area contributed by atoms with Crippen molar-refractivity contribution in [1.82, 2.24) is 15.0 Å². The lowest BCUT2D eigenvalue weighted by molar-refractivity contribution is 0.589. The highest BCUT2D eigenvalue weighted by Crippen LogP contribution is 2.43. The summed E-state index contributed by atoms with van der Waals surface area (Å²) < 4.78 is 0. The second-order valence-corrected chi connectivity index (χ2v) is 20.0. The van der Waals surface area contributed by atoms with Crippen LogP contribution in [0, 0.1) is 0 Å². The van der Waals surface area contributed by atoms with Gasteiger partial charge in [-0.1, -0.05) is 221 Å². The Morgan fingerprint density at radius 2 is 0.649 bits per heavy atom. The predicted molar refractivity (Wildman–Crippen MR) is 310 cm³/mol. The van der Waals surface area contributed by atoms with Gasteiger partial charge in [0, 0.05) is 34.5 Å². The maximum Gasteiger partial charge on any atom is 0.0709 e. The van der Waals surface area contributed by atoms with Crippen LogP contribution in [0.1, 0.15) is 26.3 Å². The van der Waals surface area contributed by atoms with Crippen LogP contribution in [0.3, 0.4) is 0 Å². The zero-order valence-corrected chi connectivity index (χ0v) is 41.7. The van der Waals surface area contributed by atoms with Gasteiger partial charge in [-0.2, -0.15) is 0 Å². The SMILES string of the molecule is CC(C)(C)c1ccnc(-c2ccc(-c3ccccc3-c3cc(-c4ccccc4-c4ccc(-c5cc(-c6ccccc6)ccn5)cc4)cc(-c4ccccc4-c4ccc(-c5ccc6ccccc6n5)cc4)c3)cc2)c1. The van der Waals surface area contributed by atoms with Crippen molar-refractivity contribution in [1.29, 1.82) is 0 Å². The third-order valence-electron chi connectivity index (χ3n) is 14.2. The van der Waals surface area contributed by atoms with E-state index >= 15 is 0 Å². The molecule has 74 heavy (non-hydrogen) atoms. The highest BCUT2D eigenvalue weighted by molar-refractivity contribution is 5.95. The van der Waals surface area contributed by atoms with Gasteiger partial charge in [-0.05, 0) is 143 Å². The van der Waals surface area contributed by atoms with E-state index in [4.69, 9.17) is 15.0 Å². The lowest BCUT2D eigenvalue weighted by atomic mass is 9.86. The van der Waals surface area contributed by atoms with Crippen molar-refractivity contribution in [2.24, 2.45) is 0 Å². The van der Waals surface area contributed by atoms with Crippen LogP contribution in [0.4, 0.5) is 0 Å². The Kier molecular flexibility index (Phi) is 12.2. The molecule has 12 aromatic rings. The summed E-state index contributed by atoms with van der Waals surface area (Å²) in [6.45, 7) is 6.73. The average Bonchev–Trinajstić information content (AvgIpc) is 3.47. The number of pyridine rings is 3. The van der Waals surface area contributed by atoms with E-state index in [1.54, 1.807) is 0 Å². The van der Waals surface area contributed by atoms with Gasteiger partial charge < -0.3 is 0 Å². The summed E-state index contributed by atoms with van der Waals surface area (Å²) in [7, 11) is 0. The van der Waals surface area contributed by atoms with Gasteiger partial charge in [-0.3, -0.25) is 9.97 Å². The molecule has 0 saturated carbocycles. The molecule has 0 N–H and O–H groups in total. The molecule has 0 unspecified atom stereocenters. The van der Waals surface area contributed by atoms with Crippen LogP contribution >= 0.6 is 0 Å². The van der Waals surface area contributed by atoms with E-state index in [-0.39, 0.29) is 5.41 Å². The van der Waals surface area contributed by atoms with Crippen molar-refractivity contribution < 1.29 is 0 Å². The van der Waals surface area contributed by atoms with Gasteiger partial charge in [0.1, 0.15) is 0 Å². The lowest BCUT2D eigenvalue weighted by Crippen LogP contribution is -2.11. The molecular formula is C71H53N3. The first-order valence-corrected chi connectivity index (χ1v) is 25.4. The first kappa shape index (κ1) is 45.8. The molecule has 0 amide bonds. The molecule has 0 aliphatic rings. The van der Waals surface area contributed by atoms with Crippen LogP contribution in [-0.4, -0.2) is 15.0 Å². The van der Waals surface area contributed by atoms with Gasteiger partial charge in [0.2, 0.25) is 0 Å². The fourth-order valence-corrected chi connectivity index (χ4v) is 10.2. The number of nitrogens with zero attached hydrogens (tertiary/aromatic N) is 3. The molecule has 0 aliphatic carbocycles. The Morgan fingerprint density at radius 3 is 1.14 bits per heavy atom. The van der Waals surface area contributed by atoms with Crippen molar-refractivity contribution in [3.63, 3.8) is 0 Å². The fourth-order valence-electron chi connectivity index (χ4n) is 10.2. The largest absolute Gasteiger partial charge is 0.256 e. The highest BCUT2D eigenvalue weighted by Gasteiger charge is 2.18. The minimum Gasteiger partial charge on any atom is -0.256 e. The van der Waals surface area contributed by atoms with Crippen LogP contribution in [0.15, 0.2) is 267 Å². The van der Waals surface area contributed by atoms with E-state index in [9.17, 15) is 0 Å². The topological polar surface area (TPSA) is 38.7 Å². The van der Waals surface area contributed by atoms with E-state index in [2.05, 4.69) is 263 Å². The first-order chi connectivity index (χ1) is 36.3. The number of benzene rings is 9. The van der Waals surface area contributed by atoms with Gasteiger partial charge in [-0.15, -0.1) is 0 Å². The predicted octanol–water partition coefficient (Wildman–Crippen LogP) is 19.0. The van der Waals surface area contributed by atoms with Gasteiger partial charge in [-0.25, -0.2) is 4.98 Å². The molecule has 3 heteroatoms. The van der Waals surface area contributed by atoms with Gasteiger partial charge in [0.05, 0.1) is 22.6 Å². The third-order valence-corrected chi connectivity index (χ3v) is 14.2. The zero-order chi connectivity index (χ0) is 50.0. The molecule has 12 rings (SSSR count). The molecule has 0 fully saturated rings. The van der Waals surface area contributed by atoms with Crippen LogP contribution in [0.5, 0.6) is 0 Å². The minimum atomic E-state index is 0.0320. The van der Waals surface area contributed by atoms with Crippen molar-refractivity contribution in [2.45, 2.75) is 26.2 Å². The molecule has 0 bridgehead atoms. The molecule has 9 aromatic carbocycles. The number of aromatic nitrogens is 3. The fraction of sp³-hybridized carbons (Fsp3) is 0.0563. The van der Waals surface area contributed by atoms with Gasteiger partial charge >= 0.3 is 0 Å². The zero-order valence-electron chi connectivity index (χ0n) is 41.7.